The van der Waals surface area contributed by atoms with Gasteiger partial charge in [0.05, 0.1) is 0 Å². The Balaban J connectivity index is 0. The van der Waals surface area contributed by atoms with Crippen LogP contribution in [0.3, 0.4) is 0 Å². The third kappa shape index (κ3) is 18.2. The molecule has 22 valence electrons. The summed E-state index contributed by atoms with van der Waals surface area (Å²) in [4.78, 5) is 0. The van der Waals surface area contributed by atoms with E-state index in [9.17, 15) is 0 Å². The largest absolute Gasteiger partial charge is 0 e. The van der Waals surface area contributed by atoms with Crippen molar-refractivity contribution in [2.24, 2.45) is 0 Å². The minimum absolute atomic E-state index is 0. The summed E-state index contributed by atoms with van der Waals surface area (Å²) >= 11 is 0. The second kappa shape index (κ2) is 24.9. The topological polar surface area (TPSA) is 0 Å². The van der Waals surface area contributed by atoms with Crippen LogP contribution in [0.1, 0.15) is 0 Å². The molecule has 0 aromatic rings. The average molecular weight is 356 g/mol. The van der Waals surface area contributed by atoms with Crippen molar-refractivity contribution in [2.75, 3.05) is 0 Å². The molecule has 0 bridgehead atoms. The molecule has 0 aliphatic rings. The molecule has 0 spiro atoms. The van der Waals surface area contributed by atoms with Crippen molar-refractivity contribution in [1.29, 1.82) is 0 Å². The quantitative estimate of drug-likeness (QED) is 0.448. The fraction of sp³-hybridized carbons (Fsp3) is 0. The minimum atomic E-state index is 0. The molecule has 0 N–H and O–H groups in total. The summed E-state index contributed by atoms with van der Waals surface area (Å²) in [5, 5.41) is 0. The summed E-state index contributed by atoms with van der Waals surface area (Å²) < 4.78 is 0. The molecular formula is H4MgMnSnYZn. The van der Waals surface area contributed by atoms with Crippen LogP contribution in [0.2, 0.25) is 0 Å². The van der Waals surface area contributed by atoms with E-state index in [1.165, 1.54) is 0 Å². The fourth-order valence-electron chi connectivity index (χ4n) is 0. The molecule has 0 saturated heterocycles. The van der Waals surface area contributed by atoms with Crippen LogP contribution in [-0.4, -0.2) is 47.0 Å². The van der Waals surface area contributed by atoms with E-state index in [0.717, 1.165) is 0 Å². The Morgan fingerprint density at radius 2 is 1.00 bits per heavy atom. The van der Waals surface area contributed by atoms with E-state index < -0.39 is 0 Å². The zero-order valence-corrected chi connectivity index (χ0v) is 13.4. The molecule has 0 atom stereocenters. The number of hydrogen-bond acceptors (Lipinski definition) is 0. The first-order valence-corrected chi connectivity index (χ1v) is 0. The molecule has 0 fully saturated rings. The summed E-state index contributed by atoms with van der Waals surface area (Å²) in [6.07, 6.45) is 0. The van der Waals surface area contributed by atoms with Gasteiger partial charge in [0.2, 0.25) is 0 Å². The van der Waals surface area contributed by atoms with Crippen molar-refractivity contribution < 1.29 is 69.3 Å². The second-order valence-electron chi connectivity index (χ2n) is 0. The van der Waals surface area contributed by atoms with Crippen molar-refractivity contribution >= 4 is 47.0 Å². The van der Waals surface area contributed by atoms with Gasteiger partial charge >= 0.3 is 47.0 Å². The van der Waals surface area contributed by atoms with Gasteiger partial charge in [-0.25, -0.2) is 0 Å². The molecular weight excluding hydrogens is 352 g/mol. The van der Waals surface area contributed by atoms with Crippen LogP contribution < -0.4 is 0 Å². The van der Waals surface area contributed by atoms with Crippen LogP contribution in [0.4, 0.5) is 0 Å². The zero-order chi connectivity index (χ0) is 0. The molecule has 0 aliphatic heterocycles. The fourth-order valence-corrected chi connectivity index (χ4v) is 0. The predicted molar refractivity (Wildman–Crippen MR) is 17.1 cm³/mol. The van der Waals surface area contributed by atoms with Gasteiger partial charge < -0.3 is 0 Å². The van der Waals surface area contributed by atoms with Gasteiger partial charge in [-0.05, 0) is 0 Å². The Bertz CT molecular complexity index is 11.6. The van der Waals surface area contributed by atoms with Crippen molar-refractivity contribution in [3.63, 3.8) is 0 Å². The van der Waals surface area contributed by atoms with E-state index in [2.05, 4.69) is 0 Å². The first-order valence-electron chi connectivity index (χ1n) is 0. The van der Waals surface area contributed by atoms with E-state index >= 15 is 0 Å². The van der Waals surface area contributed by atoms with E-state index in [4.69, 9.17) is 0 Å². The summed E-state index contributed by atoms with van der Waals surface area (Å²) in [6.45, 7) is 0. The molecule has 0 saturated carbocycles. The first-order chi connectivity index (χ1) is 0. The molecule has 0 aliphatic carbocycles. The van der Waals surface area contributed by atoms with Gasteiger partial charge in [0.1, 0.15) is 0 Å². The third-order valence-electron chi connectivity index (χ3n) is 0. The van der Waals surface area contributed by atoms with Crippen LogP contribution in [-0.2, 0) is 69.3 Å². The molecule has 0 nitrogen and oxygen atoms in total. The Kier molecular flexibility index (Phi) is 185. The standard InChI is InChI=1S/Mg.Mn.Sn.Y.Zn.4H. The SMILES string of the molecule is [MgH2].[Mn].[SnH2].[Y].[Zn]. The van der Waals surface area contributed by atoms with Crippen LogP contribution in [0.25, 0.3) is 0 Å². The van der Waals surface area contributed by atoms with Gasteiger partial charge in [-0.2, -0.15) is 0 Å². The van der Waals surface area contributed by atoms with E-state index in [0.29, 0.717) is 0 Å². The minimum Gasteiger partial charge on any atom is 0 e. The molecule has 0 aromatic carbocycles. The Labute approximate surface area is 114 Å². The van der Waals surface area contributed by atoms with Crippen LogP contribution >= 0.6 is 0 Å². The van der Waals surface area contributed by atoms with Gasteiger partial charge in [0, 0.05) is 69.3 Å². The summed E-state index contributed by atoms with van der Waals surface area (Å²) in [6, 6.07) is 0. The van der Waals surface area contributed by atoms with E-state index in [-0.39, 0.29) is 116 Å². The van der Waals surface area contributed by atoms with Crippen LogP contribution in [0.15, 0.2) is 0 Å². The smallest absolute Gasteiger partial charge is 0 e. The third-order valence-corrected chi connectivity index (χ3v) is 0. The maximum absolute atomic E-state index is 0. The molecule has 5 heteroatoms. The van der Waals surface area contributed by atoms with Gasteiger partial charge in [0.25, 0.3) is 0 Å². The summed E-state index contributed by atoms with van der Waals surface area (Å²) in [5.41, 5.74) is 0. The van der Waals surface area contributed by atoms with Gasteiger partial charge in [-0.1, -0.05) is 0 Å². The molecule has 0 heterocycles. The molecule has 5 heavy (non-hydrogen) atoms. The van der Waals surface area contributed by atoms with Gasteiger partial charge in [-0.15, -0.1) is 0 Å². The maximum atomic E-state index is 0. The van der Waals surface area contributed by atoms with Crippen molar-refractivity contribution in [2.45, 2.75) is 0 Å². The summed E-state index contributed by atoms with van der Waals surface area (Å²) in [7, 11) is 0. The number of hydrogen-bond donors (Lipinski definition) is 0. The van der Waals surface area contributed by atoms with Crippen molar-refractivity contribution in [3.05, 3.63) is 0 Å². The van der Waals surface area contributed by atoms with E-state index in [1.54, 1.807) is 0 Å². The van der Waals surface area contributed by atoms with Gasteiger partial charge in [0.15, 0.2) is 0 Å². The average Bonchev–Trinajstić information content (AvgIpc) is 0. The molecule has 0 aromatic heterocycles. The molecule has 0 rings (SSSR count). The van der Waals surface area contributed by atoms with Gasteiger partial charge in [-0.3, -0.25) is 0 Å². The second-order valence-corrected chi connectivity index (χ2v) is 0. The maximum Gasteiger partial charge on any atom is 0 e. The first kappa shape index (κ1) is 37.0. The van der Waals surface area contributed by atoms with E-state index in [1.807, 2.05) is 0 Å². The monoisotopic (exact) mass is 356 g/mol. The van der Waals surface area contributed by atoms with Crippen molar-refractivity contribution in [1.82, 2.24) is 0 Å². The Morgan fingerprint density at radius 1 is 1.00 bits per heavy atom. The van der Waals surface area contributed by atoms with Crippen LogP contribution in [0.5, 0.6) is 0 Å². The Hall–Kier alpha value is 3.81. The molecule has 0 unspecified atom stereocenters. The zero-order valence-electron chi connectivity index (χ0n) is 2.37. The normalized spacial score (nSPS) is 0. The molecule has 4 radical (unpaired) electrons. The van der Waals surface area contributed by atoms with Crippen LogP contribution in [0, 0.1) is 0 Å². The van der Waals surface area contributed by atoms with Crippen molar-refractivity contribution in [3.8, 4) is 0 Å². The number of rotatable bonds is 0. The Morgan fingerprint density at radius 3 is 1.00 bits per heavy atom. The predicted octanol–water partition coefficient (Wildman–Crippen LogP) is -1.84. The summed E-state index contributed by atoms with van der Waals surface area (Å²) in [5.74, 6) is 0. The molecule has 0 amide bonds.